The fourth-order valence-electron chi connectivity index (χ4n) is 4.59. The Kier molecular flexibility index (Phi) is 8.48. The van der Waals surface area contributed by atoms with Crippen LogP contribution in [0.5, 0.6) is 5.75 Å². The first-order valence-electron chi connectivity index (χ1n) is 12.6. The first kappa shape index (κ1) is 28.7. The van der Waals surface area contributed by atoms with E-state index in [1.165, 1.54) is 24.3 Å². The van der Waals surface area contributed by atoms with Gasteiger partial charge in [-0.2, -0.15) is 0 Å². The third-order valence-electron chi connectivity index (χ3n) is 6.72. The predicted molar refractivity (Wildman–Crippen MR) is 142 cm³/mol. The molecule has 9 nitrogen and oxygen atoms in total. The number of rotatable bonds is 8. The number of nitrogens with one attached hydrogen (secondary N) is 1. The molecule has 0 unspecified atom stereocenters. The molecule has 3 N–H and O–H groups in total. The Hall–Kier alpha value is -4.32. The van der Waals surface area contributed by atoms with Gasteiger partial charge in [0.2, 0.25) is 0 Å². The lowest BCUT2D eigenvalue weighted by atomic mass is 10.2. The minimum atomic E-state index is -4.84. The smallest absolute Gasteiger partial charge is 0.406 e. The molecule has 0 radical (unpaired) electrons. The lowest BCUT2D eigenvalue weighted by Crippen LogP contribution is -2.51. The SMILES string of the molecule is Cc1ccc(NC(=O)N2CCN(CC(=O)c3cc(C(N)=O)c(C)n3Cc3cccc(OC(F)(F)F)c3)CC2)cc1. The van der Waals surface area contributed by atoms with Crippen LogP contribution in [-0.2, 0) is 6.54 Å². The van der Waals surface area contributed by atoms with Gasteiger partial charge in [-0.15, -0.1) is 13.2 Å². The first-order chi connectivity index (χ1) is 18.9. The zero-order valence-corrected chi connectivity index (χ0v) is 22.1. The number of Topliss-reactive ketones (excluding diaryl/α,β-unsaturated/α-hetero) is 1. The highest BCUT2D eigenvalue weighted by Gasteiger charge is 2.31. The van der Waals surface area contributed by atoms with Gasteiger partial charge in [-0.3, -0.25) is 14.5 Å². The molecular formula is C28H30F3N5O4. The van der Waals surface area contributed by atoms with Gasteiger partial charge < -0.3 is 25.3 Å². The summed E-state index contributed by atoms with van der Waals surface area (Å²) in [5.74, 6) is -1.38. The maximum absolute atomic E-state index is 13.4. The normalized spacial score (nSPS) is 14.2. The fourth-order valence-corrected chi connectivity index (χ4v) is 4.59. The zero-order valence-electron chi connectivity index (χ0n) is 22.1. The number of anilines is 1. The summed E-state index contributed by atoms with van der Waals surface area (Å²) in [5.41, 5.74) is 8.54. The summed E-state index contributed by atoms with van der Waals surface area (Å²) >= 11 is 0. The fraction of sp³-hybridized carbons (Fsp3) is 0.321. The van der Waals surface area contributed by atoms with Crippen LogP contribution in [0.4, 0.5) is 23.7 Å². The molecule has 1 aliphatic heterocycles. The average molecular weight is 558 g/mol. The molecule has 0 atom stereocenters. The van der Waals surface area contributed by atoms with Gasteiger partial charge in [0.25, 0.3) is 5.91 Å². The van der Waals surface area contributed by atoms with E-state index < -0.39 is 12.3 Å². The summed E-state index contributed by atoms with van der Waals surface area (Å²) in [4.78, 5) is 41.6. The second-order valence-electron chi connectivity index (χ2n) is 9.66. The number of carbonyl (C=O) groups is 3. The highest BCUT2D eigenvalue weighted by Crippen LogP contribution is 2.25. The van der Waals surface area contributed by atoms with E-state index in [9.17, 15) is 27.6 Å². The number of hydrogen-bond donors (Lipinski definition) is 2. The van der Waals surface area contributed by atoms with Crippen molar-refractivity contribution in [3.63, 3.8) is 0 Å². The molecule has 2 aromatic carbocycles. The summed E-state index contributed by atoms with van der Waals surface area (Å²) in [6.07, 6.45) is -4.84. The van der Waals surface area contributed by atoms with Crippen molar-refractivity contribution in [2.24, 2.45) is 5.73 Å². The van der Waals surface area contributed by atoms with Crippen molar-refractivity contribution in [2.75, 3.05) is 38.0 Å². The first-order valence-corrected chi connectivity index (χ1v) is 12.6. The van der Waals surface area contributed by atoms with Crippen LogP contribution in [0.2, 0.25) is 0 Å². The summed E-state index contributed by atoms with van der Waals surface area (Å²) in [6.45, 7) is 5.42. The van der Waals surface area contributed by atoms with Crippen LogP contribution in [0.25, 0.3) is 0 Å². The topological polar surface area (TPSA) is 110 Å². The lowest BCUT2D eigenvalue weighted by molar-refractivity contribution is -0.274. The number of primary amides is 1. The van der Waals surface area contributed by atoms with Crippen molar-refractivity contribution in [3.8, 4) is 5.75 Å². The average Bonchev–Trinajstić information content (AvgIpc) is 3.21. The van der Waals surface area contributed by atoms with Crippen molar-refractivity contribution >= 4 is 23.4 Å². The van der Waals surface area contributed by atoms with Crippen molar-refractivity contribution < 1.29 is 32.3 Å². The second kappa shape index (κ2) is 11.8. The third kappa shape index (κ3) is 7.20. The number of ether oxygens (including phenoxy) is 1. The maximum Gasteiger partial charge on any atom is 0.573 e. The van der Waals surface area contributed by atoms with Crippen LogP contribution >= 0.6 is 0 Å². The summed E-state index contributed by atoms with van der Waals surface area (Å²) in [6, 6.07) is 14.1. The third-order valence-corrected chi connectivity index (χ3v) is 6.72. The molecule has 1 fully saturated rings. The number of carbonyl (C=O) groups excluding carboxylic acids is 3. The van der Waals surface area contributed by atoms with Gasteiger partial charge in [0.15, 0.2) is 5.78 Å². The predicted octanol–water partition coefficient (Wildman–Crippen LogP) is 4.18. The molecule has 1 aliphatic rings. The van der Waals surface area contributed by atoms with Gasteiger partial charge >= 0.3 is 12.4 Å². The van der Waals surface area contributed by atoms with E-state index in [1.54, 1.807) is 22.5 Å². The Morgan fingerprint density at radius 1 is 0.975 bits per heavy atom. The molecule has 0 saturated carbocycles. The van der Waals surface area contributed by atoms with Crippen LogP contribution in [0.1, 0.15) is 37.7 Å². The summed E-state index contributed by atoms with van der Waals surface area (Å²) in [7, 11) is 0. The molecule has 1 saturated heterocycles. The number of amides is 3. The van der Waals surface area contributed by atoms with Gasteiger partial charge in [0, 0.05) is 44.1 Å². The van der Waals surface area contributed by atoms with Crippen LogP contribution in [-0.4, -0.2) is 71.2 Å². The van der Waals surface area contributed by atoms with Gasteiger partial charge in [-0.05, 0) is 49.7 Å². The number of aromatic nitrogens is 1. The number of ketones is 1. The zero-order chi connectivity index (χ0) is 29.0. The van der Waals surface area contributed by atoms with E-state index in [-0.39, 0.29) is 41.9 Å². The Morgan fingerprint density at radius 2 is 1.65 bits per heavy atom. The number of nitrogens with zero attached hydrogens (tertiary/aromatic N) is 3. The van der Waals surface area contributed by atoms with Gasteiger partial charge in [-0.25, -0.2) is 4.79 Å². The highest BCUT2D eigenvalue weighted by atomic mass is 19.4. The standard InChI is InChI=1S/C28H30F3N5O4/c1-18-6-8-21(9-7-18)33-27(39)35-12-10-34(11-13-35)17-25(37)24-15-23(26(32)38)19(2)36(24)16-20-4-3-5-22(14-20)40-28(29,30)31/h3-9,14-15H,10-13,16-17H2,1-2H3,(H2,32,38)(H,33,39). The molecular weight excluding hydrogens is 527 g/mol. The molecule has 3 amide bonds. The molecule has 3 aromatic rings. The van der Waals surface area contributed by atoms with Gasteiger partial charge in [0.05, 0.1) is 17.8 Å². The number of alkyl halides is 3. The van der Waals surface area contributed by atoms with Crippen LogP contribution in [0.3, 0.4) is 0 Å². The molecule has 2 heterocycles. The minimum absolute atomic E-state index is 0.0300. The number of benzene rings is 2. The van der Waals surface area contributed by atoms with E-state index in [0.717, 1.165) is 5.56 Å². The van der Waals surface area contributed by atoms with Crippen molar-refractivity contribution in [3.05, 3.63) is 82.7 Å². The van der Waals surface area contributed by atoms with E-state index in [2.05, 4.69) is 10.1 Å². The molecule has 4 rings (SSSR count). The second-order valence-corrected chi connectivity index (χ2v) is 9.66. The number of halogens is 3. The van der Waals surface area contributed by atoms with Crippen molar-refractivity contribution in [1.82, 2.24) is 14.4 Å². The number of aryl methyl sites for hydroxylation is 1. The quantitative estimate of drug-likeness (QED) is 0.404. The summed E-state index contributed by atoms with van der Waals surface area (Å²) in [5, 5.41) is 2.87. The Balaban J connectivity index is 1.43. The van der Waals surface area contributed by atoms with Crippen LogP contribution < -0.4 is 15.8 Å². The number of nitrogens with two attached hydrogens (primary N) is 1. The Bertz CT molecular complexity index is 1390. The van der Waals surface area contributed by atoms with Crippen LogP contribution in [0.15, 0.2) is 54.6 Å². The van der Waals surface area contributed by atoms with Gasteiger partial charge in [-0.1, -0.05) is 29.8 Å². The van der Waals surface area contributed by atoms with E-state index in [0.29, 0.717) is 43.1 Å². The number of piperazine rings is 1. The van der Waals surface area contributed by atoms with Crippen molar-refractivity contribution in [2.45, 2.75) is 26.8 Å². The highest BCUT2D eigenvalue weighted by molar-refractivity contribution is 6.01. The van der Waals surface area contributed by atoms with E-state index in [1.807, 2.05) is 36.1 Å². The summed E-state index contributed by atoms with van der Waals surface area (Å²) < 4.78 is 43.6. The molecule has 212 valence electrons. The lowest BCUT2D eigenvalue weighted by Gasteiger charge is -2.34. The Labute approximate surface area is 229 Å². The molecule has 0 aliphatic carbocycles. The Morgan fingerprint density at radius 3 is 2.27 bits per heavy atom. The van der Waals surface area contributed by atoms with E-state index in [4.69, 9.17) is 5.73 Å². The van der Waals surface area contributed by atoms with Gasteiger partial charge in [0.1, 0.15) is 5.75 Å². The molecule has 40 heavy (non-hydrogen) atoms. The monoisotopic (exact) mass is 557 g/mol. The molecule has 1 aromatic heterocycles. The largest absolute Gasteiger partial charge is 0.573 e. The minimum Gasteiger partial charge on any atom is -0.406 e. The molecule has 0 bridgehead atoms. The maximum atomic E-state index is 13.4. The molecule has 12 heteroatoms. The number of hydrogen-bond acceptors (Lipinski definition) is 5. The molecule has 0 spiro atoms. The van der Waals surface area contributed by atoms with Crippen LogP contribution in [0, 0.1) is 13.8 Å². The van der Waals surface area contributed by atoms with E-state index >= 15 is 0 Å². The number of urea groups is 1. The van der Waals surface area contributed by atoms with Crippen molar-refractivity contribution in [1.29, 1.82) is 0 Å².